The van der Waals surface area contributed by atoms with Gasteiger partial charge in [0.1, 0.15) is 17.7 Å². The lowest BCUT2D eigenvalue weighted by atomic mass is 10.0. The maximum absolute atomic E-state index is 6.05. The minimum absolute atomic E-state index is 0.169. The molecular formula is C15H25N3O2. The minimum atomic E-state index is 0.169. The zero-order chi connectivity index (χ0) is 14.5. The number of anilines is 1. The van der Waals surface area contributed by atoms with Crippen LogP contribution in [-0.4, -0.2) is 35.3 Å². The van der Waals surface area contributed by atoms with Crippen LogP contribution in [-0.2, 0) is 11.2 Å². The Bertz CT molecular complexity index is 429. The smallest absolute Gasteiger partial charge is 0.219 e. The summed E-state index contributed by atoms with van der Waals surface area (Å²) in [6, 6.07) is 1.87. The van der Waals surface area contributed by atoms with E-state index in [0.717, 1.165) is 37.3 Å². The average Bonchev–Trinajstić information content (AvgIpc) is 2.37. The molecule has 0 spiro atoms. The summed E-state index contributed by atoms with van der Waals surface area (Å²) in [5.41, 5.74) is 0. The van der Waals surface area contributed by atoms with Gasteiger partial charge in [0, 0.05) is 32.4 Å². The number of aromatic nitrogens is 2. The lowest BCUT2D eigenvalue weighted by molar-refractivity contribution is -0.0730. The lowest BCUT2D eigenvalue weighted by Gasteiger charge is -2.32. The molecule has 1 saturated heterocycles. The highest BCUT2D eigenvalue weighted by molar-refractivity contribution is 5.37. The third-order valence-corrected chi connectivity index (χ3v) is 3.42. The minimum Gasteiger partial charge on any atom is -0.474 e. The molecule has 2 atom stereocenters. The number of nitrogens with zero attached hydrogens (tertiary/aromatic N) is 2. The third-order valence-electron chi connectivity index (χ3n) is 3.42. The molecule has 0 amide bonds. The lowest BCUT2D eigenvalue weighted by Crippen LogP contribution is -2.35. The van der Waals surface area contributed by atoms with Gasteiger partial charge in [0.25, 0.3) is 0 Å². The van der Waals surface area contributed by atoms with Crippen LogP contribution in [0.4, 0.5) is 5.82 Å². The Labute approximate surface area is 121 Å². The molecule has 0 saturated carbocycles. The molecular weight excluding hydrogens is 254 g/mol. The van der Waals surface area contributed by atoms with Gasteiger partial charge in [-0.25, -0.2) is 4.98 Å². The van der Waals surface area contributed by atoms with Crippen molar-refractivity contribution in [1.29, 1.82) is 0 Å². The molecule has 1 aromatic heterocycles. The van der Waals surface area contributed by atoms with E-state index in [1.165, 1.54) is 0 Å². The first-order valence-corrected chi connectivity index (χ1v) is 7.48. The number of nitrogens with one attached hydrogen (secondary N) is 1. The van der Waals surface area contributed by atoms with Gasteiger partial charge in [-0.3, -0.25) is 0 Å². The van der Waals surface area contributed by atoms with E-state index in [0.29, 0.717) is 5.88 Å². The second-order valence-corrected chi connectivity index (χ2v) is 5.48. The van der Waals surface area contributed by atoms with Crippen LogP contribution in [0.1, 0.15) is 45.9 Å². The number of hydrogen-bond donors (Lipinski definition) is 1. The van der Waals surface area contributed by atoms with E-state index in [4.69, 9.17) is 9.47 Å². The van der Waals surface area contributed by atoms with Gasteiger partial charge in [-0.1, -0.05) is 6.92 Å². The Morgan fingerprint density at radius 1 is 1.30 bits per heavy atom. The van der Waals surface area contributed by atoms with Crippen molar-refractivity contribution in [3.63, 3.8) is 0 Å². The van der Waals surface area contributed by atoms with Gasteiger partial charge < -0.3 is 14.8 Å². The van der Waals surface area contributed by atoms with E-state index in [2.05, 4.69) is 36.1 Å². The molecule has 2 unspecified atom stereocenters. The van der Waals surface area contributed by atoms with Crippen LogP contribution in [0.3, 0.4) is 0 Å². The van der Waals surface area contributed by atoms with E-state index in [1.807, 2.05) is 13.1 Å². The quantitative estimate of drug-likeness (QED) is 0.898. The van der Waals surface area contributed by atoms with Crippen LogP contribution in [0, 0.1) is 0 Å². The predicted molar refractivity (Wildman–Crippen MR) is 79.2 cm³/mol. The second-order valence-electron chi connectivity index (χ2n) is 5.48. The normalized spacial score (nSPS) is 26.3. The van der Waals surface area contributed by atoms with Gasteiger partial charge in [-0.2, -0.15) is 4.98 Å². The molecule has 5 heteroatoms. The van der Waals surface area contributed by atoms with Gasteiger partial charge in [0.2, 0.25) is 5.88 Å². The Morgan fingerprint density at radius 3 is 2.60 bits per heavy atom. The summed E-state index contributed by atoms with van der Waals surface area (Å²) in [5, 5.41) is 3.07. The van der Waals surface area contributed by atoms with Crippen LogP contribution in [0.2, 0.25) is 0 Å². The van der Waals surface area contributed by atoms with Gasteiger partial charge >= 0.3 is 0 Å². The Balaban J connectivity index is 2.09. The highest BCUT2D eigenvalue weighted by atomic mass is 16.5. The summed E-state index contributed by atoms with van der Waals surface area (Å²) in [7, 11) is 1.86. The first kappa shape index (κ1) is 15.0. The molecule has 5 nitrogen and oxygen atoms in total. The molecule has 0 bridgehead atoms. The molecule has 20 heavy (non-hydrogen) atoms. The van der Waals surface area contributed by atoms with Gasteiger partial charge in [-0.05, 0) is 20.3 Å². The molecule has 0 aliphatic carbocycles. The monoisotopic (exact) mass is 279 g/mol. The molecule has 1 aliphatic heterocycles. The summed E-state index contributed by atoms with van der Waals surface area (Å²) in [6.45, 7) is 6.30. The molecule has 1 fully saturated rings. The van der Waals surface area contributed by atoms with E-state index < -0.39 is 0 Å². The maximum atomic E-state index is 6.05. The van der Waals surface area contributed by atoms with Crippen LogP contribution in [0.15, 0.2) is 6.07 Å². The summed E-state index contributed by atoms with van der Waals surface area (Å²) in [5.74, 6) is 2.31. The van der Waals surface area contributed by atoms with Gasteiger partial charge in [0.15, 0.2) is 0 Å². The molecule has 1 N–H and O–H groups in total. The topological polar surface area (TPSA) is 56.3 Å². The zero-order valence-corrected chi connectivity index (χ0v) is 12.8. The molecule has 112 valence electrons. The molecule has 1 aliphatic rings. The molecule has 2 rings (SSSR count). The second kappa shape index (κ2) is 6.88. The zero-order valence-electron chi connectivity index (χ0n) is 12.8. The first-order chi connectivity index (χ1) is 9.60. The van der Waals surface area contributed by atoms with E-state index >= 15 is 0 Å². The van der Waals surface area contributed by atoms with Crippen molar-refractivity contribution in [3.8, 4) is 5.88 Å². The average molecular weight is 279 g/mol. The SMILES string of the molecule is CCCc1nc(NC)cc(OC2CC(C)OC(C)C2)n1. The van der Waals surface area contributed by atoms with Gasteiger partial charge in [-0.15, -0.1) is 0 Å². The summed E-state index contributed by atoms with van der Waals surface area (Å²) >= 11 is 0. The number of aryl methyl sites for hydroxylation is 1. The predicted octanol–water partition coefficient (Wildman–Crippen LogP) is 2.81. The number of rotatable bonds is 5. The van der Waals surface area contributed by atoms with E-state index in [1.54, 1.807) is 0 Å². The van der Waals surface area contributed by atoms with Crippen LogP contribution < -0.4 is 10.1 Å². The fraction of sp³-hybridized carbons (Fsp3) is 0.733. The highest BCUT2D eigenvalue weighted by Crippen LogP contribution is 2.24. The maximum Gasteiger partial charge on any atom is 0.219 e. The van der Waals surface area contributed by atoms with Crippen molar-refractivity contribution >= 4 is 5.82 Å². The van der Waals surface area contributed by atoms with Crippen molar-refractivity contribution in [1.82, 2.24) is 9.97 Å². The van der Waals surface area contributed by atoms with Crippen LogP contribution in [0.5, 0.6) is 5.88 Å². The first-order valence-electron chi connectivity index (χ1n) is 7.48. The fourth-order valence-corrected chi connectivity index (χ4v) is 2.61. The fourth-order valence-electron chi connectivity index (χ4n) is 2.61. The van der Waals surface area contributed by atoms with Crippen molar-refractivity contribution < 1.29 is 9.47 Å². The van der Waals surface area contributed by atoms with E-state index in [9.17, 15) is 0 Å². The Hall–Kier alpha value is -1.36. The molecule has 0 radical (unpaired) electrons. The highest BCUT2D eigenvalue weighted by Gasteiger charge is 2.26. The standard InChI is InChI=1S/C15H25N3O2/c1-5-6-13-17-14(16-4)9-15(18-13)20-12-7-10(2)19-11(3)8-12/h9-12H,5-8H2,1-4H3,(H,16,17,18). The molecule has 2 heterocycles. The molecule has 1 aromatic rings. The van der Waals surface area contributed by atoms with Crippen molar-refractivity contribution in [2.75, 3.05) is 12.4 Å². The molecule has 0 aromatic carbocycles. The largest absolute Gasteiger partial charge is 0.474 e. The number of hydrogen-bond acceptors (Lipinski definition) is 5. The summed E-state index contributed by atoms with van der Waals surface area (Å²) < 4.78 is 11.8. The van der Waals surface area contributed by atoms with Crippen LogP contribution in [0.25, 0.3) is 0 Å². The third kappa shape index (κ3) is 4.07. The van der Waals surface area contributed by atoms with Crippen molar-refractivity contribution in [3.05, 3.63) is 11.9 Å². The Kier molecular flexibility index (Phi) is 5.17. The van der Waals surface area contributed by atoms with Gasteiger partial charge in [0.05, 0.1) is 12.2 Å². The number of ether oxygens (including phenoxy) is 2. The van der Waals surface area contributed by atoms with Crippen molar-refractivity contribution in [2.45, 2.75) is 64.8 Å². The van der Waals surface area contributed by atoms with Crippen LogP contribution >= 0.6 is 0 Å². The van der Waals surface area contributed by atoms with E-state index in [-0.39, 0.29) is 18.3 Å². The summed E-state index contributed by atoms with van der Waals surface area (Å²) in [6.07, 6.45) is 4.36. The summed E-state index contributed by atoms with van der Waals surface area (Å²) in [4.78, 5) is 8.94. The Morgan fingerprint density at radius 2 is 2.00 bits per heavy atom. The van der Waals surface area contributed by atoms with Crippen molar-refractivity contribution in [2.24, 2.45) is 0 Å².